The average Bonchev–Trinajstić information content (AvgIpc) is 3.41. The summed E-state index contributed by atoms with van der Waals surface area (Å²) in [5, 5.41) is 17.7. The number of aromatic nitrogens is 3. The summed E-state index contributed by atoms with van der Waals surface area (Å²) in [6.45, 7) is 4.49. The molecule has 3 N–H and O–H groups in total. The van der Waals surface area contributed by atoms with Crippen molar-refractivity contribution < 1.29 is 4.79 Å². The van der Waals surface area contributed by atoms with Crippen molar-refractivity contribution in [3.63, 3.8) is 0 Å². The molecule has 1 heterocycles. The zero-order valence-electron chi connectivity index (χ0n) is 15.7. The van der Waals surface area contributed by atoms with Gasteiger partial charge in [-0.05, 0) is 38.2 Å². The molecule has 0 aromatic carbocycles. The Bertz CT molecular complexity index is 589. The molecular weight excluding hydrogens is 465 g/mol. The van der Waals surface area contributed by atoms with Gasteiger partial charge in [0, 0.05) is 32.6 Å². The number of guanidine groups is 1. The van der Waals surface area contributed by atoms with Crippen LogP contribution in [-0.4, -0.2) is 58.3 Å². The Morgan fingerprint density at radius 1 is 1.23 bits per heavy atom. The first kappa shape index (κ1) is 23.0. The molecule has 1 amide bonds. The Hall–Kier alpha value is -1.04. The van der Waals surface area contributed by atoms with Gasteiger partial charge >= 0.3 is 0 Å². The predicted octanol–water partition coefficient (Wildman–Crippen LogP) is 1.06. The van der Waals surface area contributed by atoms with Crippen LogP contribution in [-0.2, 0) is 18.4 Å². The topological polar surface area (TPSA) is 96.2 Å². The standard InChI is InChI=1S/C16H29N7OS.HI/c1-12-21-22-14(23(12)2)11-20-16(18-7-4-10-25-3)19-9-8-17-15(24)13-5-6-13;/h13H,4-11H2,1-3H3,(H,17,24)(H2,18,19,20);1H. The fourth-order valence-corrected chi connectivity index (χ4v) is 2.63. The summed E-state index contributed by atoms with van der Waals surface area (Å²) in [5.74, 6) is 3.96. The van der Waals surface area contributed by atoms with Crippen molar-refractivity contribution in [1.82, 2.24) is 30.7 Å². The van der Waals surface area contributed by atoms with E-state index >= 15 is 0 Å². The summed E-state index contributed by atoms with van der Waals surface area (Å²) >= 11 is 1.83. The maximum atomic E-state index is 11.6. The first-order valence-electron chi connectivity index (χ1n) is 8.75. The van der Waals surface area contributed by atoms with Crippen LogP contribution in [0.2, 0.25) is 0 Å². The number of rotatable bonds is 10. The van der Waals surface area contributed by atoms with E-state index in [1.807, 2.05) is 30.3 Å². The molecule has 0 unspecified atom stereocenters. The van der Waals surface area contributed by atoms with Crippen LogP contribution in [0.1, 0.15) is 30.9 Å². The first-order chi connectivity index (χ1) is 12.1. The molecule has 2 rings (SSSR count). The van der Waals surface area contributed by atoms with Gasteiger partial charge in [-0.15, -0.1) is 34.2 Å². The molecule has 8 nitrogen and oxygen atoms in total. The van der Waals surface area contributed by atoms with Gasteiger partial charge in [0.15, 0.2) is 11.8 Å². The van der Waals surface area contributed by atoms with Gasteiger partial charge in [0.25, 0.3) is 0 Å². The maximum Gasteiger partial charge on any atom is 0.223 e. The molecular formula is C16H30IN7OS. The number of thioether (sulfide) groups is 1. The second-order valence-corrected chi connectivity index (χ2v) is 7.14. The smallest absolute Gasteiger partial charge is 0.223 e. The van der Waals surface area contributed by atoms with E-state index in [4.69, 9.17) is 0 Å². The molecule has 1 saturated carbocycles. The van der Waals surface area contributed by atoms with Crippen molar-refractivity contribution >= 4 is 47.6 Å². The summed E-state index contributed by atoms with van der Waals surface area (Å²) < 4.78 is 1.94. The summed E-state index contributed by atoms with van der Waals surface area (Å²) in [7, 11) is 1.94. The van der Waals surface area contributed by atoms with Gasteiger partial charge in [-0.2, -0.15) is 11.8 Å². The summed E-state index contributed by atoms with van der Waals surface area (Å²) in [6, 6.07) is 0. The summed E-state index contributed by atoms with van der Waals surface area (Å²) in [5.41, 5.74) is 0. The molecule has 1 aromatic heterocycles. The molecule has 0 atom stereocenters. The minimum Gasteiger partial charge on any atom is -0.356 e. The van der Waals surface area contributed by atoms with Crippen LogP contribution in [0.4, 0.5) is 0 Å². The average molecular weight is 495 g/mol. The fraction of sp³-hybridized carbons (Fsp3) is 0.750. The van der Waals surface area contributed by atoms with Crippen molar-refractivity contribution in [2.45, 2.75) is 32.7 Å². The van der Waals surface area contributed by atoms with Gasteiger partial charge in [-0.25, -0.2) is 4.99 Å². The first-order valence-corrected chi connectivity index (χ1v) is 10.1. The Kier molecular flexibility index (Phi) is 10.9. The van der Waals surface area contributed by atoms with Gasteiger partial charge in [0.05, 0.1) is 0 Å². The van der Waals surface area contributed by atoms with Gasteiger partial charge < -0.3 is 20.5 Å². The van der Waals surface area contributed by atoms with Crippen LogP contribution >= 0.6 is 35.7 Å². The molecule has 1 aromatic rings. The van der Waals surface area contributed by atoms with Crippen molar-refractivity contribution in [3.8, 4) is 0 Å². The Morgan fingerprint density at radius 3 is 2.54 bits per heavy atom. The Labute approximate surface area is 176 Å². The molecule has 0 saturated heterocycles. The molecule has 10 heteroatoms. The maximum absolute atomic E-state index is 11.6. The minimum atomic E-state index is 0. The third-order valence-corrected chi connectivity index (χ3v) is 4.74. The molecule has 1 aliphatic rings. The van der Waals surface area contributed by atoms with E-state index in [-0.39, 0.29) is 35.8 Å². The Balaban J connectivity index is 0.00000338. The zero-order chi connectivity index (χ0) is 18.1. The molecule has 1 fully saturated rings. The summed E-state index contributed by atoms with van der Waals surface area (Å²) in [6.07, 6.45) is 5.23. The van der Waals surface area contributed by atoms with E-state index in [0.717, 1.165) is 49.2 Å². The lowest BCUT2D eigenvalue weighted by Crippen LogP contribution is -2.42. The molecule has 0 spiro atoms. The van der Waals surface area contributed by atoms with Crippen molar-refractivity contribution in [1.29, 1.82) is 0 Å². The van der Waals surface area contributed by atoms with Crippen LogP contribution in [0.25, 0.3) is 0 Å². The predicted molar refractivity (Wildman–Crippen MR) is 117 cm³/mol. The lowest BCUT2D eigenvalue weighted by atomic mass is 10.4. The van der Waals surface area contributed by atoms with Crippen LogP contribution < -0.4 is 16.0 Å². The highest BCUT2D eigenvalue weighted by molar-refractivity contribution is 14.0. The van der Waals surface area contributed by atoms with Gasteiger partial charge in [0.2, 0.25) is 5.91 Å². The van der Waals surface area contributed by atoms with Crippen molar-refractivity contribution in [2.24, 2.45) is 18.0 Å². The number of carbonyl (C=O) groups is 1. The number of halogens is 1. The largest absolute Gasteiger partial charge is 0.356 e. The van der Waals surface area contributed by atoms with E-state index in [1.54, 1.807) is 0 Å². The highest BCUT2D eigenvalue weighted by Gasteiger charge is 2.28. The molecule has 0 bridgehead atoms. The molecule has 0 aliphatic heterocycles. The van der Waals surface area contributed by atoms with E-state index in [0.29, 0.717) is 19.6 Å². The monoisotopic (exact) mass is 495 g/mol. The minimum absolute atomic E-state index is 0. The second-order valence-electron chi connectivity index (χ2n) is 6.15. The van der Waals surface area contributed by atoms with Gasteiger partial charge in [0.1, 0.15) is 12.4 Å². The number of carbonyl (C=O) groups excluding carboxylic acids is 1. The van der Waals surface area contributed by atoms with Crippen LogP contribution in [0, 0.1) is 12.8 Å². The van der Waals surface area contributed by atoms with E-state index in [1.165, 1.54) is 0 Å². The van der Waals surface area contributed by atoms with Crippen LogP contribution in [0.3, 0.4) is 0 Å². The Morgan fingerprint density at radius 2 is 1.92 bits per heavy atom. The number of aryl methyl sites for hydroxylation is 1. The van der Waals surface area contributed by atoms with Crippen LogP contribution in [0.5, 0.6) is 0 Å². The highest BCUT2D eigenvalue weighted by Crippen LogP contribution is 2.28. The number of nitrogens with one attached hydrogen (secondary N) is 3. The molecule has 0 radical (unpaired) electrons. The number of aliphatic imine (C=N–C) groups is 1. The SMILES string of the molecule is CSCCCNC(=NCc1nnc(C)n1C)NCCNC(=O)C1CC1.I. The summed E-state index contributed by atoms with van der Waals surface area (Å²) in [4.78, 5) is 16.2. The normalized spacial score (nSPS) is 13.9. The molecule has 26 heavy (non-hydrogen) atoms. The number of nitrogens with zero attached hydrogens (tertiary/aromatic N) is 4. The third-order valence-electron chi connectivity index (χ3n) is 4.04. The molecule has 1 aliphatic carbocycles. The quantitative estimate of drug-likeness (QED) is 0.195. The van der Waals surface area contributed by atoms with E-state index in [9.17, 15) is 4.79 Å². The highest BCUT2D eigenvalue weighted by atomic mass is 127. The second kappa shape index (κ2) is 12.4. The lowest BCUT2D eigenvalue weighted by Gasteiger charge is -2.13. The number of hydrogen-bond donors (Lipinski definition) is 3. The van der Waals surface area contributed by atoms with Crippen molar-refractivity contribution in [3.05, 3.63) is 11.6 Å². The van der Waals surface area contributed by atoms with Gasteiger partial charge in [-0.3, -0.25) is 4.79 Å². The number of amides is 1. The van der Waals surface area contributed by atoms with Crippen LogP contribution in [0.15, 0.2) is 4.99 Å². The lowest BCUT2D eigenvalue weighted by molar-refractivity contribution is -0.122. The zero-order valence-corrected chi connectivity index (χ0v) is 18.9. The van der Waals surface area contributed by atoms with E-state index < -0.39 is 0 Å². The number of hydrogen-bond acceptors (Lipinski definition) is 5. The van der Waals surface area contributed by atoms with E-state index in [2.05, 4.69) is 37.4 Å². The van der Waals surface area contributed by atoms with Gasteiger partial charge in [-0.1, -0.05) is 0 Å². The third kappa shape index (κ3) is 8.11. The fourth-order valence-electron chi connectivity index (χ4n) is 2.19. The molecule has 148 valence electrons. The van der Waals surface area contributed by atoms with Crippen molar-refractivity contribution in [2.75, 3.05) is 31.6 Å².